The van der Waals surface area contributed by atoms with Crippen molar-refractivity contribution in [2.24, 2.45) is 0 Å². The summed E-state index contributed by atoms with van der Waals surface area (Å²) in [4.78, 5) is 11.4. The molecule has 1 aromatic carbocycles. The first-order valence-corrected chi connectivity index (χ1v) is 5.87. The highest BCUT2D eigenvalue weighted by Gasteiger charge is 2.37. The van der Waals surface area contributed by atoms with Crippen LogP contribution in [0.2, 0.25) is 0 Å². The van der Waals surface area contributed by atoms with E-state index in [0.717, 1.165) is 0 Å². The van der Waals surface area contributed by atoms with E-state index < -0.39 is 21.0 Å². The molecule has 0 bridgehead atoms. The Labute approximate surface area is 87.2 Å². The summed E-state index contributed by atoms with van der Waals surface area (Å²) in [6.07, 6.45) is 0. The number of carbonyl (C=O) groups is 1. The number of nitrogens with one attached hydrogen (secondary N) is 1. The Morgan fingerprint density at radius 2 is 2.07 bits per heavy atom. The van der Waals surface area contributed by atoms with Crippen LogP contribution >= 0.6 is 0 Å². The Bertz CT molecular complexity index is 536. The highest BCUT2D eigenvalue weighted by atomic mass is 32.2. The zero-order valence-corrected chi connectivity index (χ0v) is 8.84. The van der Waals surface area contributed by atoms with E-state index in [0.29, 0.717) is 11.4 Å². The van der Waals surface area contributed by atoms with Crippen molar-refractivity contribution in [3.63, 3.8) is 0 Å². The van der Waals surface area contributed by atoms with Crippen LogP contribution in [0, 0.1) is 0 Å². The number of para-hydroxylation sites is 1. The van der Waals surface area contributed by atoms with E-state index in [2.05, 4.69) is 5.32 Å². The summed E-state index contributed by atoms with van der Waals surface area (Å²) in [7, 11) is -3.87. The van der Waals surface area contributed by atoms with Gasteiger partial charge in [0.25, 0.3) is 5.12 Å². The van der Waals surface area contributed by atoms with Gasteiger partial charge in [-0.25, -0.2) is 8.42 Å². The lowest BCUT2D eigenvalue weighted by Crippen LogP contribution is -2.37. The van der Waals surface area contributed by atoms with Crippen LogP contribution in [0.25, 0.3) is 0 Å². The van der Waals surface area contributed by atoms with E-state index in [1.807, 2.05) is 0 Å². The third kappa shape index (κ3) is 1.29. The Balaban J connectivity index is 2.78. The normalized spacial score (nSPS) is 23.0. The number of nitrogen functional groups attached to an aromatic ring is 1. The van der Waals surface area contributed by atoms with Crippen molar-refractivity contribution >= 4 is 26.3 Å². The van der Waals surface area contributed by atoms with Gasteiger partial charge in [0, 0.05) is 0 Å². The molecule has 1 aromatic rings. The maximum atomic E-state index is 11.7. The van der Waals surface area contributed by atoms with Gasteiger partial charge in [-0.05, 0) is 19.1 Å². The van der Waals surface area contributed by atoms with E-state index in [9.17, 15) is 13.2 Å². The van der Waals surface area contributed by atoms with Crippen molar-refractivity contribution in [2.75, 3.05) is 11.1 Å². The van der Waals surface area contributed by atoms with Crippen molar-refractivity contribution < 1.29 is 13.2 Å². The van der Waals surface area contributed by atoms with Crippen LogP contribution in [0.15, 0.2) is 23.1 Å². The summed E-state index contributed by atoms with van der Waals surface area (Å²) in [6.45, 7) is 1.50. The molecule has 1 heterocycles. The van der Waals surface area contributed by atoms with Crippen LogP contribution in [0.1, 0.15) is 6.92 Å². The minimum absolute atomic E-state index is 0.0365. The Kier molecular flexibility index (Phi) is 1.97. The van der Waals surface area contributed by atoms with Gasteiger partial charge < -0.3 is 11.1 Å². The third-order valence-corrected chi connectivity index (χ3v) is 4.13. The Morgan fingerprint density at radius 1 is 1.40 bits per heavy atom. The molecule has 0 aromatic heterocycles. The molecule has 0 amide bonds. The summed E-state index contributed by atoms with van der Waals surface area (Å²) >= 11 is 0. The second-order valence-electron chi connectivity index (χ2n) is 3.41. The van der Waals surface area contributed by atoms with Crippen molar-refractivity contribution in [2.45, 2.75) is 17.9 Å². The van der Waals surface area contributed by atoms with Crippen LogP contribution in [0.3, 0.4) is 0 Å². The van der Waals surface area contributed by atoms with E-state index >= 15 is 0 Å². The number of carbonyl (C=O) groups excluding carboxylic acids is 1. The lowest BCUT2D eigenvalue weighted by molar-refractivity contribution is -0.112. The summed E-state index contributed by atoms with van der Waals surface area (Å²) < 4.78 is 23.4. The van der Waals surface area contributed by atoms with Gasteiger partial charge in [-0.3, -0.25) is 4.79 Å². The van der Waals surface area contributed by atoms with Gasteiger partial charge in [0.15, 0.2) is 0 Å². The van der Waals surface area contributed by atoms with Crippen LogP contribution < -0.4 is 11.1 Å². The Morgan fingerprint density at radius 3 is 2.73 bits per heavy atom. The van der Waals surface area contributed by atoms with Crippen LogP contribution in [-0.4, -0.2) is 19.6 Å². The predicted octanol–water partition coefficient (Wildman–Crippen LogP) is 0.383. The number of hydrogen-bond acceptors (Lipinski definition) is 5. The predicted molar refractivity (Wildman–Crippen MR) is 56.1 cm³/mol. The maximum Gasteiger partial charge on any atom is 0.272 e. The largest absolute Gasteiger partial charge is 0.397 e. The molecular formula is C9H10N2O3S. The average molecular weight is 226 g/mol. The quantitative estimate of drug-likeness (QED) is 0.624. The SMILES string of the molecule is CC1Nc2c(N)cccc2S(=O)(=O)C1=O. The van der Waals surface area contributed by atoms with Crippen molar-refractivity contribution in [1.29, 1.82) is 0 Å². The number of sulfone groups is 1. The minimum atomic E-state index is -3.87. The molecule has 1 unspecified atom stereocenters. The highest BCUT2D eigenvalue weighted by Crippen LogP contribution is 2.33. The lowest BCUT2D eigenvalue weighted by atomic mass is 10.2. The van der Waals surface area contributed by atoms with Crippen LogP contribution in [0.5, 0.6) is 0 Å². The number of nitrogens with two attached hydrogens (primary N) is 1. The van der Waals surface area contributed by atoms with E-state index in [1.165, 1.54) is 19.1 Å². The molecule has 15 heavy (non-hydrogen) atoms. The number of benzene rings is 1. The molecule has 0 saturated carbocycles. The fraction of sp³-hybridized carbons (Fsp3) is 0.222. The summed E-state index contributed by atoms with van der Waals surface area (Å²) in [6, 6.07) is 3.71. The molecule has 0 radical (unpaired) electrons. The fourth-order valence-electron chi connectivity index (χ4n) is 1.54. The minimum Gasteiger partial charge on any atom is -0.397 e. The second-order valence-corrected chi connectivity index (χ2v) is 5.26. The van der Waals surface area contributed by atoms with Crippen molar-refractivity contribution in [3.8, 4) is 0 Å². The van der Waals surface area contributed by atoms with Gasteiger partial charge in [-0.2, -0.15) is 0 Å². The lowest BCUT2D eigenvalue weighted by Gasteiger charge is -2.23. The fourth-order valence-corrected chi connectivity index (χ4v) is 2.99. The van der Waals surface area contributed by atoms with E-state index in [1.54, 1.807) is 6.07 Å². The summed E-state index contributed by atoms with van der Waals surface area (Å²) in [5.41, 5.74) is 6.28. The van der Waals surface area contributed by atoms with Gasteiger partial charge in [-0.15, -0.1) is 0 Å². The first kappa shape index (κ1) is 9.97. The average Bonchev–Trinajstić information content (AvgIpc) is 2.17. The van der Waals surface area contributed by atoms with Crippen LogP contribution in [-0.2, 0) is 14.6 Å². The van der Waals surface area contributed by atoms with Crippen molar-refractivity contribution in [3.05, 3.63) is 18.2 Å². The topological polar surface area (TPSA) is 89.3 Å². The van der Waals surface area contributed by atoms with Gasteiger partial charge in [0.05, 0.1) is 17.4 Å². The molecule has 1 aliphatic rings. The molecule has 0 saturated heterocycles. The van der Waals surface area contributed by atoms with Gasteiger partial charge in [0.1, 0.15) is 4.90 Å². The standard InChI is InChI=1S/C9H10N2O3S/c1-5-9(12)15(13,14)7-4-2-3-6(10)8(7)11-5/h2-5,11H,10H2,1H3. The van der Waals surface area contributed by atoms with Gasteiger partial charge in [-0.1, -0.05) is 6.07 Å². The van der Waals surface area contributed by atoms with Crippen LogP contribution in [0.4, 0.5) is 11.4 Å². The monoisotopic (exact) mass is 226 g/mol. The molecule has 2 rings (SSSR count). The van der Waals surface area contributed by atoms with E-state index in [-0.39, 0.29) is 4.90 Å². The number of hydrogen-bond donors (Lipinski definition) is 2. The highest BCUT2D eigenvalue weighted by molar-refractivity contribution is 8.06. The summed E-state index contributed by atoms with van der Waals surface area (Å²) in [5, 5.41) is 1.96. The number of rotatable bonds is 0. The molecule has 0 spiro atoms. The molecule has 3 N–H and O–H groups in total. The molecule has 0 aliphatic carbocycles. The zero-order chi connectivity index (χ0) is 11.2. The molecule has 5 nitrogen and oxygen atoms in total. The maximum absolute atomic E-state index is 11.7. The molecule has 1 atom stereocenters. The van der Waals surface area contributed by atoms with E-state index in [4.69, 9.17) is 5.73 Å². The Hall–Kier alpha value is -1.56. The van der Waals surface area contributed by atoms with Gasteiger partial charge >= 0.3 is 0 Å². The molecule has 1 aliphatic heterocycles. The first-order valence-electron chi connectivity index (χ1n) is 4.38. The second kappa shape index (κ2) is 2.96. The third-order valence-electron chi connectivity index (χ3n) is 2.33. The first-order chi connectivity index (χ1) is 6.94. The molecule has 6 heteroatoms. The molecule has 80 valence electrons. The number of fused-ring (bicyclic) bond motifs is 1. The molecular weight excluding hydrogens is 216 g/mol. The smallest absolute Gasteiger partial charge is 0.272 e. The molecule has 0 fully saturated rings. The van der Waals surface area contributed by atoms with Crippen molar-refractivity contribution in [1.82, 2.24) is 0 Å². The number of anilines is 2. The van der Waals surface area contributed by atoms with Gasteiger partial charge in [0.2, 0.25) is 9.84 Å². The summed E-state index contributed by atoms with van der Waals surface area (Å²) in [5.74, 6) is 0. The zero-order valence-electron chi connectivity index (χ0n) is 8.02.